The van der Waals surface area contributed by atoms with Crippen LogP contribution in [0.1, 0.15) is 0 Å². The number of rotatable bonds is 1. The topological polar surface area (TPSA) is 29.5 Å². The SMILES string of the molecule is COc1c(I)cc2sccc2c1O. The Balaban J connectivity index is 2.85. The number of hydrogen-bond donors (Lipinski definition) is 1. The van der Waals surface area contributed by atoms with Crippen molar-refractivity contribution < 1.29 is 9.84 Å². The molecule has 13 heavy (non-hydrogen) atoms. The molecular formula is C9H7IO2S. The van der Waals surface area contributed by atoms with Gasteiger partial charge >= 0.3 is 0 Å². The number of methoxy groups -OCH3 is 1. The van der Waals surface area contributed by atoms with E-state index in [1.807, 2.05) is 17.5 Å². The third-order valence-corrected chi connectivity index (χ3v) is 3.51. The highest BCUT2D eigenvalue weighted by atomic mass is 127. The fourth-order valence-corrected chi connectivity index (χ4v) is 3.07. The number of ether oxygens (including phenoxy) is 1. The molecule has 1 heterocycles. The molecule has 0 spiro atoms. The molecule has 0 atom stereocenters. The third kappa shape index (κ3) is 1.38. The van der Waals surface area contributed by atoms with Crippen molar-refractivity contribution in [3.8, 4) is 11.5 Å². The van der Waals surface area contributed by atoms with Crippen LogP contribution in [0.15, 0.2) is 17.5 Å². The molecule has 1 aromatic heterocycles. The van der Waals surface area contributed by atoms with E-state index >= 15 is 0 Å². The average Bonchev–Trinajstić information content (AvgIpc) is 2.53. The van der Waals surface area contributed by atoms with Crippen molar-refractivity contribution in [3.05, 3.63) is 21.1 Å². The second kappa shape index (κ2) is 3.34. The van der Waals surface area contributed by atoms with E-state index in [4.69, 9.17) is 4.74 Å². The Morgan fingerprint density at radius 1 is 1.54 bits per heavy atom. The van der Waals surface area contributed by atoms with Crippen LogP contribution in [0, 0.1) is 3.57 Å². The molecular weight excluding hydrogens is 299 g/mol. The number of phenolic OH excluding ortho intramolecular Hbond substituents is 1. The number of halogens is 1. The Morgan fingerprint density at radius 3 is 3.00 bits per heavy atom. The first kappa shape index (κ1) is 9.08. The van der Waals surface area contributed by atoms with E-state index in [0.717, 1.165) is 13.7 Å². The van der Waals surface area contributed by atoms with Crippen molar-refractivity contribution in [2.75, 3.05) is 7.11 Å². The molecule has 1 aromatic carbocycles. The summed E-state index contributed by atoms with van der Waals surface area (Å²) in [6, 6.07) is 3.91. The summed E-state index contributed by atoms with van der Waals surface area (Å²) in [7, 11) is 1.56. The van der Waals surface area contributed by atoms with E-state index in [1.54, 1.807) is 18.4 Å². The lowest BCUT2D eigenvalue weighted by molar-refractivity contribution is 0.374. The summed E-state index contributed by atoms with van der Waals surface area (Å²) in [6.07, 6.45) is 0. The van der Waals surface area contributed by atoms with Gasteiger partial charge < -0.3 is 9.84 Å². The van der Waals surface area contributed by atoms with E-state index in [0.29, 0.717) is 5.75 Å². The first-order chi connectivity index (χ1) is 6.24. The molecule has 2 rings (SSSR count). The number of hydrogen-bond acceptors (Lipinski definition) is 3. The third-order valence-electron chi connectivity index (χ3n) is 1.84. The summed E-state index contributed by atoms with van der Waals surface area (Å²) in [6.45, 7) is 0. The van der Waals surface area contributed by atoms with Gasteiger partial charge in [-0.25, -0.2) is 0 Å². The van der Waals surface area contributed by atoms with Crippen molar-refractivity contribution in [1.29, 1.82) is 0 Å². The molecule has 0 unspecified atom stereocenters. The van der Waals surface area contributed by atoms with Crippen LogP contribution in [-0.4, -0.2) is 12.2 Å². The number of aromatic hydroxyl groups is 1. The first-order valence-electron chi connectivity index (χ1n) is 3.66. The lowest BCUT2D eigenvalue weighted by atomic mass is 10.2. The van der Waals surface area contributed by atoms with Crippen LogP contribution in [-0.2, 0) is 0 Å². The first-order valence-corrected chi connectivity index (χ1v) is 5.62. The number of phenols is 1. The Labute approximate surface area is 93.3 Å². The molecule has 0 radical (unpaired) electrons. The summed E-state index contributed by atoms with van der Waals surface area (Å²) in [5.74, 6) is 0.803. The molecule has 0 aliphatic heterocycles. The van der Waals surface area contributed by atoms with Gasteiger partial charge in [0.25, 0.3) is 0 Å². The minimum Gasteiger partial charge on any atom is -0.504 e. The summed E-state index contributed by atoms with van der Waals surface area (Å²) in [5.41, 5.74) is 0. The normalized spacial score (nSPS) is 10.6. The molecule has 2 aromatic rings. The highest BCUT2D eigenvalue weighted by Gasteiger charge is 2.11. The second-order valence-electron chi connectivity index (χ2n) is 2.57. The fourth-order valence-electron chi connectivity index (χ4n) is 1.24. The van der Waals surface area contributed by atoms with E-state index in [-0.39, 0.29) is 5.75 Å². The maximum atomic E-state index is 9.80. The Bertz CT molecular complexity index is 450. The molecule has 0 saturated carbocycles. The van der Waals surface area contributed by atoms with Crippen molar-refractivity contribution in [2.45, 2.75) is 0 Å². The van der Waals surface area contributed by atoms with Gasteiger partial charge in [0.05, 0.1) is 10.7 Å². The smallest absolute Gasteiger partial charge is 0.174 e. The van der Waals surface area contributed by atoms with E-state index in [9.17, 15) is 5.11 Å². The zero-order valence-electron chi connectivity index (χ0n) is 6.87. The van der Waals surface area contributed by atoms with Gasteiger partial charge in [0.15, 0.2) is 11.5 Å². The molecule has 68 valence electrons. The summed E-state index contributed by atoms with van der Waals surface area (Å²) in [5, 5.41) is 12.6. The van der Waals surface area contributed by atoms with Crippen LogP contribution in [0.25, 0.3) is 10.1 Å². The monoisotopic (exact) mass is 306 g/mol. The molecule has 1 N–H and O–H groups in total. The van der Waals surface area contributed by atoms with Crippen molar-refractivity contribution in [2.24, 2.45) is 0 Å². The van der Waals surface area contributed by atoms with Gasteiger partial charge in [-0.15, -0.1) is 11.3 Å². The molecule has 4 heteroatoms. The van der Waals surface area contributed by atoms with Crippen LogP contribution in [0.4, 0.5) is 0 Å². The number of fused-ring (bicyclic) bond motifs is 1. The quantitative estimate of drug-likeness (QED) is 0.820. The predicted molar refractivity (Wildman–Crippen MR) is 62.8 cm³/mol. The van der Waals surface area contributed by atoms with E-state index in [1.165, 1.54) is 0 Å². The van der Waals surface area contributed by atoms with Gasteiger partial charge in [-0.3, -0.25) is 0 Å². The zero-order chi connectivity index (χ0) is 9.42. The predicted octanol–water partition coefficient (Wildman–Crippen LogP) is 3.22. The summed E-state index contributed by atoms with van der Waals surface area (Å²) >= 11 is 3.77. The summed E-state index contributed by atoms with van der Waals surface area (Å²) in [4.78, 5) is 0. The Kier molecular flexibility index (Phi) is 2.33. The highest BCUT2D eigenvalue weighted by Crippen LogP contribution is 2.40. The average molecular weight is 306 g/mol. The van der Waals surface area contributed by atoms with Crippen LogP contribution in [0.3, 0.4) is 0 Å². The highest BCUT2D eigenvalue weighted by molar-refractivity contribution is 14.1. The van der Waals surface area contributed by atoms with E-state index in [2.05, 4.69) is 22.6 Å². The molecule has 2 nitrogen and oxygen atoms in total. The van der Waals surface area contributed by atoms with Crippen molar-refractivity contribution >= 4 is 44.0 Å². The maximum Gasteiger partial charge on any atom is 0.174 e. The standard InChI is InChI=1S/C9H7IO2S/c1-12-9-6(10)4-7-5(8(9)11)2-3-13-7/h2-4,11H,1H3. The van der Waals surface area contributed by atoms with Crippen molar-refractivity contribution in [1.82, 2.24) is 0 Å². The fraction of sp³-hybridized carbons (Fsp3) is 0.111. The van der Waals surface area contributed by atoms with Gasteiger partial charge in [-0.2, -0.15) is 0 Å². The van der Waals surface area contributed by atoms with Crippen molar-refractivity contribution in [3.63, 3.8) is 0 Å². The van der Waals surface area contributed by atoms with Gasteiger partial charge in [0.2, 0.25) is 0 Å². The number of benzene rings is 1. The summed E-state index contributed by atoms with van der Waals surface area (Å²) < 4.78 is 7.12. The van der Waals surface area contributed by atoms with E-state index < -0.39 is 0 Å². The minimum atomic E-state index is 0.241. The van der Waals surface area contributed by atoms with Gasteiger partial charge in [0, 0.05) is 10.1 Å². The Morgan fingerprint density at radius 2 is 2.31 bits per heavy atom. The zero-order valence-corrected chi connectivity index (χ0v) is 9.85. The maximum absolute atomic E-state index is 9.80. The van der Waals surface area contributed by atoms with Gasteiger partial charge in [-0.05, 0) is 40.1 Å². The van der Waals surface area contributed by atoms with Crippen LogP contribution in [0.2, 0.25) is 0 Å². The van der Waals surface area contributed by atoms with Crippen LogP contribution >= 0.6 is 33.9 Å². The minimum absolute atomic E-state index is 0.241. The Hall–Kier alpha value is -0.490. The second-order valence-corrected chi connectivity index (χ2v) is 4.68. The lowest BCUT2D eigenvalue weighted by Crippen LogP contribution is -1.87. The van der Waals surface area contributed by atoms with Gasteiger partial charge in [-0.1, -0.05) is 0 Å². The lowest BCUT2D eigenvalue weighted by Gasteiger charge is -2.06. The molecule has 0 bridgehead atoms. The molecule has 0 saturated heterocycles. The van der Waals surface area contributed by atoms with Gasteiger partial charge in [0.1, 0.15) is 0 Å². The van der Waals surface area contributed by atoms with Crippen LogP contribution in [0.5, 0.6) is 11.5 Å². The molecule has 0 amide bonds. The van der Waals surface area contributed by atoms with Crippen LogP contribution < -0.4 is 4.74 Å². The molecule has 0 aliphatic rings. The largest absolute Gasteiger partial charge is 0.504 e. The number of thiophene rings is 1. The molecule has 0 fully saturated rings. The molecule has 0 aliphatic carbocycles.